The molecule has 60 valence electrons. The highest BCUT2D eigenvalue weighted by atomic mass is 16.6. The minimum absolute atomic E-state index is 0.0175. The Morgan fingerprint density at radius 1 is 1.70 bits per heavy atom. The van der Waals surface area contributed by atoms with Crippen LogP contribution in [0.1, 0.15) is 6.42 Å². The number of hydrogen-bond acceptors (Lipinski definition) is 3. The Morgan fingerprint density at radius 2 is 2.30 bits per heavy atom. The highest BCUT2D eigenvalue weighted by Gasteiger charge is 2.02. The topological polar surface area (TPSA) is 82.1 Å². The average molecular weight is 149 g/mol. The van der Waals surface area contributed by atoms with Gasteiger partial charge >= 0.3 is 0 Å². The van der Waals surface area contributed by atoms with Crippen LogP contribution in [0.25, 0.3) is 0 Å². The molecule has 0 radical (unpaired) electrons. The number of rotatable bonds is 4. The van der Waals surface area contributed by atoms with E-state index in [1.165, 1.54) is 7.05 Å². The van der Waals surface area contributed by atoms with Crippen LogP contribution in [0.15, 0.2) is 5.28 Å². The molecule has 0 aliphatic carbocycles. The molecule has 0 aliphatic rings. The van der Waals surface area contributed by atoms with Crippen LogP contribution in [-0.2, 0) is 0 Å². The smallest absolute Gasteiger partial charge is 0.230 e. The summed E-state index contributed by atoms with van der Waals surface area (Å²) < 4.78 is 0. The monoisotopic (exact) mass is 149 g/mol. The number of nitrogens with zero attached hydrogens (tertiary/aromatic N) is 3. The van der Waals surface area contributed by atoms with E-state index in [0.29, 0.717) is 13.0 Å². The minimum Gasteiger partial charge on any atom is -0.569 e. The average Bonchev–Trinajstić information content (AvgIpc) is 1.98. The predicted molar refractivity (Wildman–Crippen MR) is 32.2 cm³/mol. The Kier molecular flexibility index (Phi) is 4.30. The molecule has 0 amide bonds. The molecule has 0 rings (SSSR count). The van der Waals surface area contributed by atoms with Gasteiger partial charge < -0.3 is 15.5 Å². The summed E-state index contributed by atoms with van der Waals surface area (Å²) in [4.78, 5) is 0.0513. The third kappa shape index (κ3) is 3.08. The highest BCUT2D eigenvalue weighted by molar-refractivity contribution is 4.35. The summed E-state index contributed by atoms with van der Waals surface area (Å²) in [5, 5.41) is 30.1. The Morgan fingerprint density at radius 3 is 2.70 bits per heavy atom. The highest BCUT2D eigenvalue weighted by Crippen LogP contribution is 1.86. The Labute approximate surface area is 58.5 Å². The van der Waals surface area contributed by atoms with Crippen LogP contribution in [0.5, 0.6) is 0 Å². The van der Waals surface area contributed by atoms with Gasteiger partial charge in [0.1, 0.15) is 0 Å². The van der Waals surface area contributed by atoms with Gasteiger partial charge in [-0.25, -0.2) is 0 Å². The molecule has 0 saturated carbocycles. The second-order valence-electron chi connectivity index (χ2n) is 1.80. The lowest BCUT2D eigenvalue weighted by atomic mass is 10.4. The molecular weight excluding hydrogens is 138 g/mol. The van der Waals surface area contributed by atoms with Crippen molar-refractivity contribution in [3.05, 3.63) is 5.21 Å². The summed E-state index contributed by atoms with van der Waals surface area (Å²) >= 11 is 0. The molecule has 0 aromatic heterocycles. The zero-order valence-electron chi connectivity index (χ0n) is 5.77. The van der Waals surface area contributed by atoms with E-state index in [9.17, 15) is 5.21 Å². The van der Waals surface area contributed by atoms with Gasteiger partial charge in [-0.3, -0.25) is 0 Å². The van der Waals surface area contributed by atoms with Crippen molar-refractivity contribution in [2.75, 3.05) is 20.2 Å². The molecule has 2 N–H and O–H groups in total. The molecule has 0 bridgehead atoms. The Hall–Kier alpha value is -1.04. The third-order valence-corrected chi connectivity index (χ3v) is 1.01. The van der Waals surface area contributed by atoms with Crippen LogP contribution in [-0.4, -0.2) is 40.5 Å². The van der Waals surface area contributed by atoms with Crippen LogP contribution < -0.4 is 0 Å². The molecule has 0 aliphatic heterocycles. The quantitative estimate of drug-likeness (QED) is 0.322. The summed E-state index contributed by atoms with van der Waals surface area (Å²) in [6, 6.07) is 0. The van der Waals surface area contributed by atoms with Crippen LogP contribution in [0.2, 0.25) is 0 Å². The molecule has 0 unspecified atom stereocenters. The van der Waals surface area contributed by atoms with Gasteiger partial charge in [0.05, 0.1) is 18.6 Å². The lowest BCUT2D eigenvalue weighted by Crippen LogP contribution is -2.27. The van der Waals surface area contributed by atoms with Crippen molar-refractivity contribution in [1.82, 2.24) is 5.01 Å². The molecule has 10 heavy (non-hydrogen) atoms. The van der Waals surface area contributed by atoms with E-state index in [-0.39, 0.29) is 11.6 Å². The lowest BCUT2D eigenvalue weighted by Gasteiger charge is -2.10. The zero-order chi connectivity index (χ0) is 7.98. The first-order valence-corrected chi connectivity index (χ1v) is 2.86. The van der Waals surface area contributed by atoms with Gasteiger partial charge in [0, 0.05) is 6.61 Å². The molecule has 0 saturated heterocycles. The molecule has 6 heteroatoms. The first-order valence-electron chi connectivity index (χ1n) is 2.86. The van der Waals surface area contributed by atoms with Crippen molar-refractivity contribution in [3.8, 4) is 0 Å². The molecule has 0 aromatic rings. The first kappa shape index (κ1) is 8.96. The summed E-state index contributed by atoms with van der Waals surface area (Å²) in [6.07, 6.45) is 0.477. The van der Waals surface area contributed by atoms with Crippen molar-refractivity contribution in [1.29, 1.82) is 0 Å². The van der Waals surface area contributed by atoms with Crippen molar-refractivity contribution in [3.63, 3.8) is 0 Å². The maximum atomic E-state index is 10.4. The van der Waals surface area contributed by atoms with Crippen molar-refractivity contribution in [2.45, 2.75) is 6.42 Å². The summed E-state index contributed by atoms with van der Waals surface area (Å²) in [7, 11) is 1.46. The van der Waals surface area contributed by atoms with Crippen LogP contribution >= 0.6 is 0 Å². The predicted octanol–water partition coefficient (Wildman–Crippen LogP) is -0.433. The van der Waals surface area contributed by atoms with Gasteiger partial charge in [0.2, 0.25) is 5.28 Å². The minimum atomic E-state index is 0.0175. The maximum Gasteiger partial charge on any atom is 0.230 e. The molecular formula is C4H11N3O3. The molecule has 0 spiro atoms. The van der Waals surface area contributed by atoms with Crippen molar-refractivity contribution >= 4 is 0 Å². The fourth-order valence-electron chi connectivity index (χ4n) is 0.453. The molecule has 0 atom stereocenters. The van der Waals surface area contributed by atoms with Gasteiger partial charge in [0.25, 0.3) is 0 Å². The fourth-order valence-corrected chi connectivity index (χ4v) is 0.453. The van der Waals surface area contributed by atoms with Crippen molar-refractivity contribution in [2.24, 2.45) is 5.28 Å². The van der Waals surface area contributed by atoms with E-state index in [1.807, 2.05) is 0 Å². The summed E-state index contributed by atoms with van der Waals surface area (Å²) in [6.45, 7) is 0.383. The van der Waals surface area contributed by atoms with Gasteiger partial charge in [-0.2, -0.15) is 0 Å². The second-order valence-corrected chi connectivity index (χ2v) is 1.80. The first-order chi connectivity index (χ1) is 4.72. The van der Waals surface area contributed by atoms with E-state index in [2.05, 4.69) is 5.28 Å². The molecule has 0 heterocycles. The van der Waals surface area contributed by atoms with E-state index >= 15 is 0 Å². The number of hydrogen-bond donors (Lipinski definition) is 2. The fraction of sp³-hybridized carbons (Fsp3) is 1.00. The molecule has 0 aromatic carbocycles. The van der Waals surface area contributed by atoms with Crippen LogP contribution in [0, 0.1) is 5.21 Å². The standard InChI is InChI=1S/C4H11N3O3/c1-6(3-2-4-8)7(10)5-9/h8-9H,2-4H2,1H3/b7-5-. The maximum absolute atomic E-state index is 10.4. The van der Waals surface area contributed by atoms with Crippen molar-refractivity contribution < 1.29 is 15.3 Å². The van der Waals surface area contributed by atoms with Gasteiger partial charge in [-0.05, 0) is 6.42 Å². The number of aliphatic hydroxyl groups is 1. The van der Waals surface area contributed by atoms with E-state index < -0.39 is 0 Å². The Balaban J connectivity index is 3.51. The number of aliphatic hydroxyl groups excluding tert-OH is 1. The normalized spacial score (nSPS) is 11.6. The second kappa shape index (κ2) is 4.80. The largest absolute Gasteiger partial charge is 0.569 e. The number of hydrazine groups is 1. The SMILES string of the molecule is CN(CCCO)/[N+]([O-])=N/O. The molecule has 0 fully saturated rings. The summed E-state index contributed by atoms with van der Waals surface area (Å²) in [5.41, 5.74) is 0. The van der Waals surface area contributed by atoms with Crippen LogP contribution in [0.4, 0.5) is 0 Å². The van der Waals surface area contributed by atoms with Crippen LogP contribution in [0.3, 0.4) is 0 Å². The summed E-state index contributed by atoms with van der Waals surface area (Å²) in [5.74, 6) is 0. The van der Waals surface area contributed by atoms with Gasteiger partial charge in [0.15, 0.2) is 0 Å². The van der Waals surface area contributed by atoms with E-state index in [4.69, 9.17) is 10.3 Å². The lowest BCUT2D eigenvalue weighted by molar-refractivity contribution is -0.704. The Bertz CT molecular complexity index is 116. The van der Waals surface area contributed by atoms with Gasteiger partial charge in [-0.1, -0.05) is 0 Å². The molecule has 6 nitrogen and oxygen atoms in total. The third-order valence-electron chi connectivity index (χ3n) is 1.01. The van der Waals surface area contributed by atoms with Gasteiger partial charge in [-0.15, -0.1) is 5.01 Å². The van der Waals surface area contributed by atoms with E-state index in [1.54, 1.807) is 0 Å². The van der Waals surface area contributed by atoms with E-state index in [0.717, 1.165) is 5.01 Å². The zero-order valence-corrected chi connectivity index (χ0v) is 5.77.